The van der Waals surface area contributed by atoms with Gasteiger partial charge in [-0.25, -0.2) is 0 Å². The summed E-state index contributed by atoms with van der Waals surface area (Å²) in [5, 5.41) is 4.18. The van der Waals surface area contributed by atoms with Crippen molar-refractivity contribution in [2.75, 3.05) is 6.61 Å². The summed E-state index contributed by atoms with van der Waals surface area (Å²) in [6.45, 7) is -0.0419. The molecular formula is C30H32Cl2N2O3. The van der Waals surface area contributed by atoms with Gasteiger partial charge < -0.3 is 15.0 Å². The lowest BCUT2D eigenvalue weighted by molar-refractivity contribution is -0.143. The van der Waals surface area contributed by atoms with E-state index in [1.165, 1.54) is 6.42 Å². The number of benzene rings is 3. The first-order chi connectivity index (χ1) is 18.0. The predicted octanol–water partition coefficient (Wildman–Crippen LogP) is 6.46. The van der Waals surface area contributed by atoms with Crippen LogP contribution in [0.1, 0.15) is 43.2 Å². The molecule has 1 atom stereocenters. The van der Waals surface area contributed by atoms with Gasteiger partial charge in [0, 0.05) is 29.1 Å². The van der Waals surface area contributed by atoms with E-state index in [4.69, 9.17) is 27.9 Å². The second-order valence-corrected chi connectivity index (χ2v) is 10.3. The maximum absolute atomic E-state index is 13.8. The van der Waals surface area contributed by atoms with Gasteiger partial charge in [-0.05, 0) is 48.2 Å². The topological polar surface area (TPSA) is 58.6 Å². The van der Waals surface area contributed by atoms with Gasteiger partial charge >= 0.3 is 0 Å². The lowest BCUT2D eigenvalue weighted by atomic mass is 9.94. The Kier molecular flexibility index (Phi) is 9.86. The number of carbonyl (C=O) groups is 2. The van der Waals surface area contributed by atoms with Crippen molar-refractivity contribution in [1.82, 2.24) is 10.2 Å². The van der Waals surface area contributed by atoms with Gasteiger partial charge in [0.2, 0.25) is 5.91 Å². The molecule has 0 unspecified atom stereocenters. The fourth-order valence-corrected chi connectivity index (χ4v) is 5.14. The number of rotatable bonds is 10. The number of halogens is 2. The summed E-state index contributed by atoms with van der Waals surface area (Å²) in [4.78, 5) is 29.0. The van der Waals surface area contributed by atoms with E-state index >= 15 is 0 Å². The van der Waals surface area contributed by atoms with Crippen molar-refractivity contribution in [2.24, 2.45) is 0 Å². The van der Waals surface area contributed by atoms with Crippen molar-refractivity contribution < 1.29 is 14.3 Å². The van der Waals surface area contributed by atoms with Crippen LogP contribution in [0.2, 0.25) is 10.0 Å². The molecule has 0 radical (unpaired) electrons. The highest BCUT2D eigenvalue weighted by Crippen LogP contribution is 2.25. The van der Waals surface area contributed by atoms with Crippen LogP contribution in [0.15, 0.2) is 78.9 Å². The number of amides is 2. The van der Waals surface area contributed by atoms with Crippen molar-refractivity contribution in [3.05, 3.63) is 100 Å². The van der Waals surface area contributed by atoms with Gasteiger partial charge in [-0.3, -0.25) is 9.59 Å². The zero-order valence-corrected chi connectivity index (χ0v) is 22.3. The van der Waals surface area contributed by atoms with E-state index in [0.29, 0.717) is 27.8 Å². The third-order valence-electron chi connectivity index (χ3n) is 6.68. The predicted molar refractivity (Wildman–Crippen MR) is 148 cm³/mol. The van der Waals surface area contributed by atoms with Gasteiger partial charge in [0.25, 0.3) is 5.91 Å². The van der Waals surface area contributed by atoms with Crippen molar-refractivity contribution in [1.29, 1.82) is 0 Å². The lowest BCUT2D eigenvalue weighted by Crippen LogP contribution is -2.53. The molecule has 37 heavy (non-hydrogen) atoms. The number of ether oxygens (including phenoxy) is 1. The van der Waals surface area contributed by atoms with Crippen molar-refractivity contribution in [2.45, 2.75) is 57.2 Å². The second-order valence-electron chi connectivity index (χ2n) is 9.41. The maximum Gasteiger partial charge on any atom is 0.261 e. The summed E-state index contributed by atoms with van der Waals surface area (Å²) in [6.07, 6.45) is 5.68. The normalized spacial score (nSPS) is 14.5. The minimum absolute atomic E-state index is 0.121. The molecule has 0 saturated heterocycles. The smallest absolute Gasteiger partial charge is 0.261 e. The summed E-state index contributed by atoms with van der Waals surface area (Å²) in [7, 11) is 0. The van der Waals surface area contributed by atoms with E-state index in [9.17, 15) is 9.59 Å². The van der Waals surface area contributed by atoms with Crippen molar-refractivity contribution >= 4 is 35.0 Å². The van der Waals surface area contributed by atoms with Crippen molar-refractivity contribution in [3.63, 3.8) is 0 Å². The summed E-state index contributed by atoms with van der Waals surface area (Å²) < 4.78 is 5.79. The highest BCUT2D eigenvalue weighted by molar-refractivity contribution is 6.35. The molecule has 1 fully saturated rings. The molecule has 2 amide bonds. The highest BCUT2D eigenvalue weighted by Gasteiger charge is 2.32. The van der Waals surface area contributed by atoms with Gasteiger partial charge in [0.1, 0.15) is 11.8 Å². The van der Waals surface area contributed by atoms with E-state index in [-0.39, 0.29) is 31.0 Å². The first-order valence-electron chi connectivity index (χ1n) is 12.7. The van der Waals surface area contributed by atoms with Crippen LogP contribution in [-0.2, 0) is 22.6 Å². The van der Waals surface area contributed by atoms with Crippen LogP contribution in [0, 0.1) is 0 Å². The van der Waals surface area contributed by atoms with Crippen LogP contribution in [0.5, 0.6) is 5.75 Å². The third-order valence-corrected chi connectivity index (χ3v) is 7.27. The van der Waals surface area contributed by atoms with Gasteiger partial charge in [-0.15, -0.1) is 0 Å². The number of carbonyl (C=O) groups excluding carboxylic acids is 2. The number of hydrogen-bond acceptors (Lipinski definition) is 3. The van der Waals surface area contributed by atoms with Crippen LogP contribution in [-0.4, -0.2) is 35.4 Å². The number of nitrogens with zero attached hydrogens (tertiary/aromatic N) is 1. The average Bonchev–Trinajstić information content (AvgIpc) is 2.92. The molecule has 1 saturated carbocycles. The van der Waals surface area contributed by atoms with Crippen LogP contribution in [0.25, 0.3) is 0 Å². The molecule has 1 aliphatic carbocycles. The zero-order chi connectivity index (χ0) is 26.0. The van der Waals surface area contributed by atoms with Gasteiger partial charge in [0.15, 0.2) is 6.61 Å². The van der Waals surface area contributed by atoms with E-state index in [1.807, 2.05) is 48.5 Å². The Morgan fingerprint density at radius 1 is 0.919 bits per heavy atom. The highest BCUT2D eigenvalue weighted by atomic mass is 35.5. The van der Waals surface area contributed by atoms with Gasteiger partial charge in [-0.1, -0.05) is 97.1 Å². The van der Waals surface area contributed by atoms with E-state index in [1.54, 1.807) is 35.2 Å². The first-order valence-corrected chi connectivity index (χ1v) is 13.5. The molecular weight excluding hydrogens is 507 g/mol. The molecule has 0 heterocycles. The van der Waals surface area contributed by atoms with E-state index in [0.717, 1.165) is 31.2 Å². The summed E-state index contributed by atoms with van der Waals surface area (Å²) in [5.74, 6) is 0.134. The minimum Gasteiger partial charge on any atom is -0.484 e. The molecule has 0 spiro atoms. The van der Waals surface area contributed by atoms with Crippen molar-refractivity contribution in [3.8, 4) is 5.75 Å². The minimum atomic E-state index is -0.733. The fourth-order valence-electron chi connectivity index (χ4n) is 4.68. The Labute approximate surface area is 228 Å². The molecule has 1 aliphatic rings. The molecule has 3 aromatic carbocycles. The number of nitrogens with one attached hydrogen (secondary N) is 1. The van der Waals surface area contributed by atoms with Crippen LogP contribution < -0.4 is 10.1 Å². The SMILES string of the molecule is O=C(NC1CCCCC1)[C@H](Cc1ccccc1)N(Cc1ccc(Cl)cc1Cl)C(=O)COc1ccccc1. The number of hydrogen-bond donors (Lipinski definition) is 1. The Hall–Kier alpha value is -3.02. The number of para-hydroxylation sites is 1. The fraction of sp³-hybridized carbons (Fsp3) is 0.333. The standard InChI is InChI=1S/C30H32Cl2N2O3/c31-24-17-16-23(27(32)19-24)20-34(29(35)21-37-26-14-8-3-9-15-26)28(18-22-10-4-1-5-11-22)30(36)33-25-12-6-2-7-13-25/h1,3-5,8-11,14-17,19,25,28H,2,6-7,12-13,18,20-21H2,(H,33,36)/t28-/m0/s1. The third kappa shape index (κ3) is 7.98. The van der Waals surface area contributed by atoms with Crippen LogP contribution >= 0.6 is 23.2 Å². The Morgan fingerprint density at radius 3 is 2.27 bits per heavy atom. The molecule has 194 valence electrons. The quantitative estimate of drug-likeness (QED) is 0.322. The molecule has 1 N–H and O–H groups in total. The second kappa shape index (κ2) is 13.5. The molecule has 0 bridgehead atoms. The maximum atomic E-state index is 13.8. The van der Waals surface area contributed by atoms with Gasteiger partial charge in [-0.2, -0.15) is 0 Å². The van der Waals surface area contributed by atoms with Crippen LogP contribution in [0.3, 0.4) is 0 Å². The first kappa shape index (κ1) is 27.0. The summed E-state index contributed by atoms with van der Waals surface area (Å²) >= 11 is 12.6. The van der Waals surface area contributed by atoms with Crippen LogP contribution in [0.4, 0.5) is 0 Å². The molecule has 4 rings (SSSR count). The largest absolute Gasteiger partial charge is 0.484 e. The average molecular weight is 540 g/mol. The molecule has 0 aromatic heterocycles. The lowest BCUT2D eigenvalue weighted by Gasteiger charge is -2.33. The zero-order valence-electron chi connectivity index (χ0n) is 20.7. The Morgan fingerprint density at radius 2 is 1.59 bits per heavy atom. The van der Waals surface area contributed by atoms with Gasteiger partial charge in [0.05, 0.1) is 0 Å². The Bertz CT molecular complexity index is 1170. The van der Waals surface area contributed by atoms with E-state index in [2.05, 4.69) is 5.32 Å². The molecule has 5 nitrogen and oxygen atoms in total. The summed E-state index contributed by atoms with van der Waals surface area (Å²) in [5.41, 5.74) is 1.68. The molecule has 0 aliphatic heterocycles. The molecule has 7 heteroatoms. The Balaban J connectivity index is 1.63. The van der Waals surface area contributed by atoms with E-state index < -0.39 is 6.04 Å². The molecule has 3 aromatic rings. The monoisotopic (exact) mass is 538 g/mol. The summed E-state index contributed by atoms with van der Waals surface area (Å²) in [6, 6.07) is 23.5.